The molecule has 2 rings (SSSR count). The summed E-state index contributed by atoms with van der Waals surface area (Å²) in [6.07, 6.45) is 1.27. The summed E-state index contributed by atoms with van der Waals surface area (Å²) in [6, 6.07) is 9.61. The maximum absolute atomic E-state index is 11.8. The fourth-order valence-electron chi connectivity index (χ4n) is 2.08. The summed E-state index contributed by atoms with van der Waals surface area (Å²) in [7, 11) is 0. The van der Waals surface area contributed by atoms with Gasteiger partial charge in [-0.05, 0) is 31.2 Å². The minimum absolute atomic E-state index is 0.0488. The number of benzene rings is 1. The summed E-state index contributed by atoms with van der Waals surface area (Å²) >= 11 is 0. The van der Waals surface area contributed by atoms with Crippen LogP contribution >= 0.6 is 0 Å². The SMILES string of the molecule is CC(=O)c1ccccc1NC(=O)COC(=O)CCNC(=O)c1ccco1. The zero-order chi connectivity index (χ0) is 18.9. The van der Waals surface area contributed by atoms with Crippen LogP contribution in [0.1, 0.15) is 34.3 Å². The van der Waals surface area contributed by atoms with E-state index in [0.717, 1.165) is 0 Å². The van der Waals surface area contributed by atoms with Gasteiger partial charge in [-0.1, -0.05) is 12.1 Å². The topological polar surface area (TPSA) is 115 Å². The Kier molecular flexibility index (Phi) is 6.67. The molecule has 2 aromatic rings. The van der Waals surface area contributed by atoms with Crippen molar-refractivity contribution >= 4 is 29.3 Å². The highest BCUT2D eigenvalue weighted by molar-refractivity contribution is 6.04. The van der Waals surface area contributed by atoms with Gasteiger partial charge in [-0.15, -0.1) is 0 Å². The van der Waals surface area contributed by atoms with Crippen molar-refractivity contribution in [3.05, 3.63) is 54.0 Å². The molecule has 0 saturated heterocycles. The second kappa shape index (κ2) is 9.16. The first-order valence-corrected chi connectivity index (χ1v) is 7.84. The van der Waals surface area contributed by atoms with E-state index in [-0.39, 0.29) is 24.5 Å². The standard InChI is InChI=1S/C18H18N2O6/c1-12(21)13-5-2-3-6-14(13)20-16(22)11-26-17(23)8-9-19-18(24)15-7-4-10-25-15/h2-7,10H,8-9,11H2,1H3,(H,19,24)(H,20,22). The summed E-state index contributed by atoms with van der Waals surface area (Å²) in [6.45, 7) is 0.951. The Balaban J connectivity index is 1.71. The van der Waals surface area contributed by atoms with Crippen molar-refractivity contribution in [2.75, 3.05) is 18.5 Å². The number of ether oxygens (including phenoxy) is 1. The first-order valence-electron chi connectivity index (χ1n) is 7.84. The molecule has 0 fully saturated rings. The van der Waals surface area contributed by atoms with Gasteiger partial charge in [0.15, 0.2) is 18.2 Å². The molecule has 0 aliphatic rings. The van der Waals surface area contributed by atoms with Crippen molar-refractivity contribution in [3.8, 4) is 0 Å². The van der Waals surface area contributed by atoms with Crippen LogP contribution in [0, 0.1) is 0 Å². The smallest absolute Gasteiger partial charge is 0.308 e. The van der Waals surface area contributed by atoms with Gasteiger partial charge in [-0.3, -0.25) is 19.2 Å². The number of carbonyl (C=O) groups is 4. The Morgan fingerprint density at radius 1 is 1.08 bits per heavy atom. The van der Waals surface area contributed by atoms with Crippen LogP contribution in [0.2, 0.25) is 0 Å². The minimum atomic E-state index is -0.639. The van der Waals surface area contributed by atoms with Crippen LogP contribution in [0.15, 0.2) is 47.1 Å². The lowest BCUT2D eigenvalue weighted by Crippen LogP contribution is -2.27. The molecule has 1 heterocycles. The molecule has 2 amide bonds. The largest absolute Gasteiger partial charge is 0.459 e. The Morgan fingerprint density at radius 2 is 1.85 bits per heavy atom. The quantitative estimate of drug-likeness (QED) is 0.549. The number of Topliss-reactive ketones (excluding diaryl/α,β-unsaturated/α-hetero) is 1. The van der Waals surface area contributed by atoms with Crippen molar-refractivity contribution < 1.29 is 28.3 Å². The molecular weight excluding hydrogens is 340 g/mol. The van der Waals surface area contributed by atoms with E-state index in [1.54, 1.807) is 30.3 Å². The van der Waals surface area contributed by atoms with E-state index in [1.807, 2.05) is 0 Å². The summed E-state index contributed by atoms with van der Waals surface area (Å²) in [5.74, 6) is -1.69. The number of hydrogen-bond donors (Lipinski definition) is 2. The van der Waals surface area contributed by atoms with Gasteiger partial charge in [-0.25, -0.2) is 0 Å². The maximum atomic E-state index is 11.8. The van der Waals surface area contributed by atoms with E-state index in [1.165, 1.54) is 19.3 Å². The third-order valence-electron chi connectivity index (χ3n) is 3.30. The lowest BCUT2D eigenvalue weighted by atomic mass is 10.1. The molecule has 0 atom stereocenters. The average Bonchev–Trinajstić information content (AvgIpc) is 3.15. The summed E-state index contributed by atoms with van der Waals surface area (Å²) in [5.41, 5.74) is 0.722. The van der Waals surface area contributed by atoms with Crippen molar-refractivity contribution in [1.29, 1.82) is 0 Å². The zero-order valence-electron chi connectivity index (χ0n) is 14.1. The number of anilines is 1. The van der Waals surface area contributed by atoms with Gasteiger partial charge in [0, 0.05) is 12.1 Å². The van der Waals surface area contributed by atoms with E-state index in [4.69, 9.17) is 9.15 Å². The van der Waals surface area contributed by atoms with E-state index >= 15 is 0 Å². The van der Waals surface area contributed by atoms with Crippen LogP contribution in [0.4, 0.5) is 5.69 Å². The van der Waals surface area contributed by atoms with Crippen molar-refractivity contribution in [2.24, 2.45) is 0 Å². The third-order valence-corrected chi connectivity index (χ3v) is 3.30. The molecular formula is C18H18N2O6. The predicted molar refractivity (Wildman–Crippen MR) is 91.7 cm³/mol. The molecule has 0 unspecified atom stereocenters. The lowest BCUT2D eigenvalue weighted by molar-refractivity contribution is -0.147. The van der Waals surface area contributed by atoms with E-state index in [2.05, 4.69) is 10.6 Å². The number of amides is 2. The highest BCUT2D eigenvalue weighted by atomic mass is 16.5. The monoisotopic (exact) mass is 358 g/mol. The maximum Gasteiger partial charge on any atom is 0.308 e. The van der Waals surface area contributed by atoms with Crippen LogP contribution in [-0.4, -0.2) is 36.7 Å². The second-order valence-corrected chi connectivity index (χ2v) is 5.29. The highest BCUT2D eigenvalue weighted by Gasteiger charge is 2.13. The van der Waals surface area contributed by atoms with Gasteiger partial charge in [0.25, 0.3) is 11.8 Å². The van der Waals surface area contributed by atoms with Gasteiger partial charge in [0.05, 0.1) is 18.4 Å². The van der Waals surface area contributed by atoms with Crippen molar-refractivity contribution in [3.63, 3.8) is 0 Å². The fourth-order valence-corrected chi connectivity index (χ4v) is 2.08. The van der Waals surface area contributed by atoms with Crippen LogP contribution in [0.5, 0.6) is 0 Å². The van der Waals surface area contributed by atoms with Gasteiger partial charge in [0.2, 0.25) is 0 Å². The molecule has 1 aromatic heterocycles. The minimum Gasteiger partial charge on any atom is -0.459 e. The third kappa shape index (κ3) is 5.59. The number of esters is 1. The molecule has 8 nitrogen and oxygen atoms in total. The Bertz CT molecular complexity index is 798. The number of furan rings is 1. The van der Waals surface area contributed by atoms with Crippen LogP contribution in [0.25, 0.3) is 0 Å². The van der Waals surface area contributed by atoms with Crippen LogP contribution < -0.4 is 10.6 Å². The normalized spacial score (nSPS) is 10.0. The number of nitrogens with one attached hydrogen (secondary N) is 2. The molecule has 0 aliphatic carbocycles. The molecule has 2 N–H and O–H groups in total. The number of ketones is 1. The summed E-state index contributed by atoms with van der Waals surface area (Å²) in [5, 5.41) is 5.01. The molecule has 0 spiro atoms. The highest BCUT2D eigenvalue weighted by Crippen LogP contribution is 2.15. The Morgan fingerprint density at radius 3 is 2.54 bits per heavy atom. The molecule has 26 heavy (non-hydrogen) atoms. The molecule has 8 heteroatoms. The van der Waals surface area contributed by atoms with E-state index in [0.29, 0.717) is 11.3 Å². The van der Waals surface area contributed by atoms with E-state index < -0.39 is 24.4 Å². The lowest BCUT2D eigenvalue weighted by Gasteiger charge is -2.09. The van der Waals surface area contributed by atoms with Gasteiger partial charge in [-0.2, -0.15) is 0 Å². The Hall–Kier alpha value is -3.42. The summed E-state index contributed by atoms with van der Waals surface area (Å²) < 4.78 is 9.75. The van der Waals surface area contributed by atoms with Gasteiger partial charge >= 0.3 is 5.97 Å². The molecule has 1 aromatic carbocycles. The van der Waals surface area contributed by atoms with E-state index in [9.17, 15) is 19.2 Å². The number of rotatable bonds is 8. The molecule has 0 radical (unpaired) electrons. The first kappa shape index (κ1) is 18.9. The second-order valence-electron chi connectivity index (χ2n) is 5.29. The van der Waals surface area contributed by atoms with Crippen LogP contribution in [-0.2, 0) is 14.3 Å². The fraction of sp³-hybridized carbons (Fsp3) is 0.222. The summed E-state index contributed by atoms with van der Waals surface area (Å²) in [4.78, 5) is 46.5. The number of para-hydroxylation sites is 1. The molecule has 136 valence electrons. The Labute approximate surface area is 149 Å². The first-order chi connectivity index (χ1) is 12.5. The predicted octanol–water partition coefficient (Wildman–Crippen LogP) is 1.78. The molecule has 0 aliphatic heterocycles. The van der Waals surface area contributed by atoms with Gasteiger partial charge in [0.1, 0.15) is 0 Å². The molecule has 0 saturated carbocycles. The van der Waals surface area contributed by atoms with Gasteiger partial charge < -0.3 is 19.8 Å². The average molecular weight is 358 g/mol. The number of carbonyl (C=O) groups excluding carboxylic acids is 4. The van der Waals surface area contributed by atoms with Crippen molar-refractivity contribution in [2.45, 2.75) is 13.3 Å². The zero-order valence-corrected chi connectivity index (χ0v) is 14.1. The molecule has 0 bridgehead atoms. The van der Waals surface area contributed by atoms with Crippen LogP contribution in [0.3, 0.4) is 0 Å². The van der Waals surface area contributed by atoms with Crippen molar-refractivity contribution in [1.82, 2.24) is 5.32 Å². The number of hydrogen-bond acceptors (Lipinski definition) is 6.